The van der Waals surface area contributed by atoms with Gasteiger partial charge in [-0.15, -0.1) is 0 Å². The third-order valence-electron chi connectivity index (χ3n) is 1.89. The zero-order chi connectivity index (χ0) is 8.91. The van der Waals surface area contributed by atoms with E-state index >= 15 is 0 Å². The Morgan fingerprint density at radius 2 is 1.64 bits per heavy atom. The van der Waals surface area contributed by atoms with E-state index in [0.717, 1.165) is 12.5 Å². The van der Waals surface area contributed by atoms with Crippen LogP contribution in [0.25, 0.3) is 0 Å². The van der Waals surface area contributed by atoms with Crippen molar-refractivity contribution < 1.29 is 8.85 Å². The summed E-state index contributed by atoms with van der Waals surface area (Å²) in [6, 6.07) is 1.02. The molecule has 68 valence electrons. The minimum Gasteiger partial charge on any atom is -0.386 e. The van der Waals surface area contributed by atoms with Crippen LogP contribution >= 0.6 is 0 Å². The molecule has 4 heteroatoms. The van der Waals surface area contributed by atoms with Gasteiger partial charge in [0.2, 0.25) is 0 Å². The predicted molar refractivity (Wildman–Crippen MR) is 48.6 cm³/mol. The minimum atomic E-state index is -1.99. The van der Waals surface area contributed by atoms with E-state index in [1.165, 1.54) is 0 Å². The van der Waals surface area contributed by atoms with Crippen LogP contribution < -0.4 is 0 Å². The third-order valence-corrected chi connectivity index (χ3v) is 5.66. The van der Waals surface area contributed by atoms with Gasteiger partial charge in [-0.2, -0.15) is 0 Å². The summed E-state index contributed by atoms with van der Waals surface area (Å²) in [7, 11) is 5.49. The van der Waals surface area contributed by atoms with Crippen LogP contribution in [-0.4, -0.2) is 41.6 Å². The van der Waals surface area contributed by atoms with E-state index in [0.29, 0.717) is 0 Å². The molecule has 0 atom stereocenters. The topological polar surface area (TPSA) is 21.7 Å². The number of hydrogen-bond donors (Lipinski definition) is 0. The molecule has 0 amide bonds. The maximum Gasteiger partial charge on any atom is 0.426 e. The van der Waals surface area contributed by atoms with Crippen LogP contribution in [0.2, 0.25) is 6.04 Å². The van der Waals surface area contributed by atoms with Gasteiger partial charge < -0.3 is 8.85 Å². The van der Waals surface area contributed by atoms with Crippen molar-refractivity contribution >= 4 is 8.72 Å². The Balaban J connectivity index is 4.20. The fraction of sp³-hybridized carbons (Fsp3) is 1.00. The van der Waals surface area contributed by atoms with Crippen molar-refractivity contribution in [1.29, 1.82) is 0 Å². The van der Waals surface area contributed by atoms with Gasteiger partial charge in [-0.05, 0) is 14.1 Å². The average Bonchev–Trinajstić information content (AvgIpc) is 2.00. The van der Waals surface area contributed by atoms with Crippen molar-refractivity contribution in [2.45, 2.75) is 19.4 Å². The zero-order valence-electron chi connectivity index (χ0n) is 8.18. The first-order valence-electron chi connectivity index (χ1n) is 3.90. The van der Waals surface area contributed by atoms with Crippen LogP contribution in [0.1, 0.15) is 13.3 Å². The molecule has 0 N–H and O–H groups in total. The van der Waals surface area contributed by atoms with E-state index in [9.17, 15) is 0 Å². The van der Waals surface area contributed by atoms with Gasteiger partial charge in [0.25, 0.3) is 0 Å². The van der Waals surface area contributed by atoms with E-state index in [1.807, 2.05) is 14.1 Å². The van der Waals surface area contributed by atoms with Crippen molar-refractivity contribution in [2.24, 2.45) is 0 Å². The van der Waals surface area contributed by atoms with E-state index in [1.54, 1.807) is 14.2 Å². The standard InChI is InChI=1S/C7H19NO2Si/c1-6-7-11(9-4,10-5)8(2)3/h6-7H2,1-5H3. The quantitative estimate of drug-likeness (QED) is 0.589. The molecule has 0 aromatic carbocycles. The molecule has 0 aromatic rings. The first-order valence-corrected chi connectivity index (χ1v) is 5.87. The maximum absolute atomic E-state index is 5.43. The lowest BCUT2D eigenvalue weighted by Crippen LogP contribution is -2.53. The van der Waals surface area contributed by atoms with Crippen molar-refractivity contribution in [3.8, 4) is 0 Å². The summed E-state index contributed by atoms with van der Waals surface area (Å²) < 4.78 is 12.9. The summed E-state index contributed by atoms with van der Waals surface area (Å²) in [5.74, 6) is 0. The first-order chi connectivity index (χ1) is 5.13. The van der Waals surface area contributed by atoms with E-state index in [4.69, 9.17) is 8.85 Å². The van der Waals surface area contributed by atoms with Crippen molar-refractivity contribution in [3.63, 3.8) is 0 Å². The summed E-state index contributed by atoms with van der Waals surface area (Å²) in [6.07, 6.45) is 1.10. The molecule has 0 aliphatic heterocycles. The lowest BCUT2D eigenvalue weighted by Gasteiger charge is -2.32. The summed E-state index contributed by atoms with van der Waals surface area (Å²) >= 11 is 0. The molecule has 0 heterocycles. The van der Waals surface area contributed by atoms with Crippen LogP contribution in [-0.2, 0) is 8.85 Å². The highest BCUT2D eigenvalue weighted by Gasteiger charge is 2.37. The Bertz CT molecular complexity index is 105. The normalized spacial score (nSPS) is 12.5. The maximum atomic E-state index is 5.43. The highest BCUT2D eigenvalue weighted by atomic mass is 28.4. The lowest BCUT2D eigenvalue weighted by atomic mass is 10.6. The Labute approximate surface area is 70.6 Å². The number of nitrogens with zero attached hydrogens (tertiary/aromatic N) is 1. The largest absolute Gasteiger partial charge is 0.426 e. The zero-order valence-corrected chi connectivity index (χ0v) is 9.18. The Morgan fingerprint density at radius 1 is 1.18 bits per heavy atom. The van der Waals surface area contributed by atoms with E-state index in [-0.39, 0.29) is 0 Å². The van der Waals surface area contributed by atoms with Gasteiger partial charge in [0, 0.05) is 20.3 Å². The summed E-state index contributed by atoms with van der Waals surface area (Å²) in [6.45, 7) is 2.14. The number of hydrogen-bond acceptors (Lipinski definition) is 3. The van der Waals surface area contributed by atoms with Crippen LogP contribution in [0.15, 0.2) is 0 Å². The second kappa shape index (κ2) is 4.87. The summed E-state index contributed by atoms with van der Waals surface area (Å²) in [5, 5.41) is 0. The smallest absolute Gasteiger partial charge is 0.386 e. The second-order valence-electron chi connectivity index (χ2n) is 2.77. The van der Waals surface area contributed by atoms with Gasteiger partial charge in [0.1, 0.15) is 0 Å². The van der Waals surface area contributed by atoms with E-state index < -0.39 is 8.72 Å². The molecule has 0 radical (unpaired) electrons. The van der Waals surface area contributed by atoms with Gasteiger partial charge >= 0.3 is 8.72 Å². The molecule has 0 saturated carbocycles. The second-order valence-corrected chi connectivity index (χ2v) is 6.40. The molecular weight excluding hydrogens is 158 g/mol. The molecule has 0 unspecified atom stereocenters. The van der Waals surface area contributed by atoms with Gasteiger partial charge in [-0.25, -0.2) is 0 Å². The first kappa shape index (κ1) is 11.1. The van der Waals surface area contributed by atoms with Crippen LogP contribution in [0.3, 0.4) is 0 Å². The Morgan fingerprint density at radius 3 is 1.73 bits per heavy atom. The molecule has 3 nitrogen and oxygen atoms in total. The SMILES string of the molecule is CCC[Si](OC)(OC)N(C)C. The minimum absolute atomic E-state index is 1.02. The molecule has 0 saturated heterocycles. The number of rotatable bonds is 5. The molecule has 0 bridgehead atoms. The summed E-state index contributed by atoms with van der Waals surface area (Å²) in [5.41, 5.74) is 0. The molecule has 11 heavy (non-hydrogen) atoms. The summed E-state index contributed by atoms with van der Waals surface area (Å²) in [4.78, 5) is 0. The van der Waals surface area contributed by atoms with Crippen LogP contribution in [0.4, 0.5) is 0 Å². The molecular formula is C7H19NO2Si. The monoisotopic (exact) mass is 177 g/mol. The van der Waals surface area contributed by atoms with Gasteiger partial charge in [0.15, 0.2) is 0 Å². The molecule has 0 fully saturated rings. The van der Waals surface area contributed by atoms with Crippen molar-refractivity contribution in [3.05, 3.63) is 0 Å². The third kappa shape index (κ3) is 2.55. The lowest BCUT2D eigenvalue weighted by molar-refractivity contribution is 0.186. The highest BCUT2D eigenvalue weighted by Crippen LogP contribution is 2.15. The Hall–Kier alpha value is 0.0969. The van der Waals surface area contributed by atoms with Gasteiger partial charge in [0.05, 0.1) is 0 Å². The van der Waals surface area contributed by atoms with Crippen molar-refractivity contribution in [1.82, 2.24) is 4.57 Å². The van der Waals surface area contributed by atoms with Crippen LogP contribution in [0.5, 0.6) is 0 Å². The Kier molecular flexibility index (Phi) is 4.91. The predicted octanol–water partition coefficient (Wildman–Crippen LogP) is 1.19. The molecule has 0 aliphatic rings. The molecule has 0 aromatic heterocycles. The van der Waals surface area contributed by atoms with Crippen molar-refractivity contribution in [2.75, 3.05) is 28.3 Å². The molecule has 0 spiro atoms. The molecule has 0 rings (SSSR count). The van der Waals surface area contributed by atoms with Gasteiger partial charge in [-0.3, -0.25) is 4.57 Å². The highest BCUT2D eigenvalue weighted by molar-refractivity contribution is 6.64. The fourth-order valence-corrected chi connectivity index (χ4v) is 3.58. The average molecular weight is 177 g/mol. The molecule has 0 aliphatic carbocycles. The van der Waals surface area contributed by atoms with Crippen LogP contribution in [0, 0.1) is 0 Å². The van der Waals surface area contributed by atoms with Gasteiger partial charge in [-0.1, -0.05) is 13.3 Å². The fourth-order valence-electron chi connectivity index (χ4n) is 1.19. The van der Waals surface area contributed by atoms with E-state index in [2.05, 4.69) is 11.5 Å².